The first-order chi connectivity index (χ1) is 8.61. The Kier molecular flexibility index (Phi) is 10.3. The third kappa shape index (κ3) is 8.95. The van der Waals surface area contributed by atoms with Gasteiger partial charge in [-0.25, -0.2) is 0 Å². The van der Waals surface area contributed by atoms with Crippen molar-refractivity contribution < 1.29 is 14.3 Å². The van der Waals surface area contributed by atoms with E-state index in [0.29, 0.717) is 19.7 Å². The number of hydrogen-bond donors (Lipinski definition) is 3. The molecular weight excluding hydrogens is 234 g/mol. The molecule has 0 aromatic rings. The smallest absolute Gasteiger partial charge is 0.236 e. The quantitative estimate of drug-likeness (QED) is 0.468. The Morgan fingerprint density at radius 3 is 2.56 bits per heavy atom. The van der Waals surface area contributed by atoms with E-state index in [1.54, 1.807) is 14.0 Å². The second-order valence-electron chi connectivity index (χ2n) is 4.09. The number of carbonyl (C=O) groups excluding carboxylic acids is 2. The molecule has 1 unspecified atom stereocenters. The Bertz CT molecular complexity index is 247. The molecule has 106 valence electrons. The summed E-state index contributed by atoms with van der Waals surface area (Å²) in [5.74, 6) is -0.190. The van der Waals surface area contributed by atoms with Crippen LogP contribution < -0.4 is 16.0 Å². The standard InChI is InChI=1S/C12H25N3O3/c1-4-6-14-12(17)10(2)15-9-11(16)13-7-5-8-18-3/h10,15H,4-9H2,1-3H3,(H,13,16)(H,14,17). The van der Waals surface area contributed by atoms with Gasteiger partial charge in [0.05, 0.1) is 12.6 Å². The highest BCUT2D eigenvalue weighted by molar-refractivity contribution is 5.83. The lowest BCUT2D eigenvalue weighted by Crippen LogP contribution is -2.46. The SMILES string of the molecule is CCCNC(=O)C(C)NCC(=O)NCCCOC. The molecule has 0 aliphatic rings. The molecule has 0 aliphatic heterocycles. The first kappa shape index (κ1) is 16.9. The van der Waals surface area contributed by atoms with Crippen LogP contribution in [0.15, 0.2) is 0 Å². The van der Waals surface area contributed by atoms with E-state index < -0.39 is 0 Å². The van der Waals surface area contributed by atoms with E-state index in [0.717, 1.165) is 12.8 Å². The molecule has 0 aromatic carbocycles. The molecule has 6 nitrogen and oxygen atoms in total. The summed E-state index contributed by atoms with van der Waals surface area (Å²) < 4.78 is 4.87. The number of rotatable bonds is 10. The fourth-order valence-corrected chi connectivity index (χ4v) is 1.25. The van der Waals surface area contributed by atoms with Gasteiger partial charge in [0.2, 0.25) is 11.8 Å². The maximum absolute atomic E-state index is 11.5. The summed E-state index contributed by atoms with van der Waals surface area (Å²) in [6.07, 6.45) is 1.69. The van der Waals surface area contributed by atoms with Gasteiger partial charge in [-0.1, -0.05) is 6.92 Å². The van der Waals surface area contributed by atoms with Crippen molar-refractivity contribution in [2.45, 2.75) is 32.7 Å². The lowest BCUT2D eigenvalue weighted by Gasteiger charge is -2.13. The molecule has 0 saturated carbocycles. The van der Waals surface area contributed by atoms with Crippen molar-refractivity contribution >= 4 is 11.8 Å². The van der Waals surface area contributed by atoms with E-state index in [2.05, 4.69) is 16.0 Å². The van der Waals surface area contributed by atoms with E-state index >= 15 is 0 Å². The van der Waals surface area contributed by atoms with Crippen molar-refractivity contribution in [3.63, 3.8) is 0 Å². The second-order valence-corrected chi connectivity index (χ2v) is 4.09. The maximum Gasteiger partial charge on any atom is 0.236 e. The monoisotopic (exact) mass is 259 g/mol. The van der Waals surface area contributed by atoms with Gasteiger partial charge in [0.15, 0.2) is 0 Å². The van der Waals surface area contributed by atoms with Gasteiger partial charge >= 0.3 is 0 Å². The first-order valence-electron chi connectivity index (χ1n) is 6.38. The molecule has 0 radical (unpaired) electrons. The zero-order valence-electron chi connectivity index (χ0n) is 11.5. The third-order valence-electron chi connectivity index (χ3n) is 2.36. The fourth-order valence-electron chi connectivity index (χ4n) is 1.25. The van der Waals surface area contributed by atoms with Crippen molar-refractivity contribution in [2.75, 3.05) is 33.4 Å². The van der Waals surface area contributed by atoms with Crippen molar-refractivity contribution in [3.05, 3.63) is 0 Å². The molecule has 0 saturated heterocycles. The van der Waals surface area contributed by atoms with Crippen molar-refractivity contribution in [1.82, 2.24) is 16.0 Å². The molecule has 0 aromatic heterocycles. The largest absolute Gasteiger partial charge is 0.385 e. The third-order valence-corrected chi connectivity index (χ3v) is 2.36. The van der Waals surface area contributed by atoms with E-state index in [-0.39, 0.29) is 24.4 Å². The van der Waals surface area contributed by atoms with Gasteiger partial charge in [0.25, 0.3) is 0 Å². The molecular formula is C12H25N3O3. The van der Waals surface area contributed by atoms with E-state index in [1.165, 1.54) is 0 Å². The Labute approximate surface area is 109 Å². The van der Waals surface area contributed by atoms with Gasteiger partial charge in [0.1, 0.15) is 0 Å². The predicted octanol–water partition coefficient (Wildman–Crippen LogP) is -0.357. The Morgan fingerprint density at radius 2 is 1.94 bits per heavy atom. The lowest BCUT2D eigenvalue weighted by molar-refractivity contribution is -0.123. The molecule has 1 atom stereocenters. The highest BCUT2D eigenvalue weighted by atomic mass is 16.5. The predicted molar refractivity (Wildman–Crippen MR) is 70.3 cm³/mol. The van der Waals surface area contributed by atoms with E-state index in [9.17, 15) is 9.59 Å². The summed E-state index contributed by atoms with van der Waals surface area (Å²) in [4.78, 5) is 22.9. The molecule has 0 aliphatic carbocycles. The molecule has 6 heteroatoms. The van der Waals surface area contributed by atoms with Crippen molar-refractivity contribution in [2.24, 2.45) is 0 Å². The second kappa shape index (κ2) is 11.0. The molecule has 3 N–H and O–H groups in total. The van der Waals surface area contributed by atoms with Crippen LogP contribution >= 0.6 is 0 Å². The zero-order valence-corrected chi connectivity index (χ0v) is 11.5. The molecule has 0 fully saturated rings. The van der Waals surface area contributed by atoms with Crippen LogP contribution in [-0.2, 0) is 14.3 Å². The van der Waals surface area contributed by atoms with Gasteiger partial charge in [-0.05, 0) is 19.8 Å². The Hall–Kier alpha value is -1.14. The van der Waals surface area contributed by atoms with Crippen molar-refractivity contribution in [1.29, 1.82) is 0 Å². The average Bonchev–Trinajstić information content (AvgIpc) is 2.38. The number of carbonyl (C=O) groups is 2. The maximum atomic E-state index is 11.5. The number of ether oxygens (including phenoxy) is 1. The van der Waals surface area contributed by atoms with Crippen LogP contribution in [0.4, 0.5) is 0 Å². The van der Waals surface area contributed by atoms with Crippen LogP contribution in [-0.4, -0.2) is 51.2 Å². The Balaban J connectivity index is 3.61. The molecule has 0 rings (SSSR count). The van der Waals surface area contributed by atoms with Gasteiger partial charge in [0, 0.05) is 26.8 Å². The van der Waals surface area contributed by atoms with Crippen LogP contribution in [0.2, 0.25) is 0 Å². The van der Waals surface area contributed by atoms with Crippen LogP contribution in [0.5, 0.6) is 0 Å². The number of methoxy groups -OCH3 is 1. The minimum absolute atomic E-state index is 0.0796. The van der Waals surface area contributed by atoms with Crippen LogP contribution in [0.3, 0.4) is 0 Å². The van der Waals surface area contributed by atoms with Crippen LogP contribution in [0, 0.1) is 0 Å². The van der Waals surface area contributed by atoms with Crippen LogP contribution in [0.1, 0.15) is 26.7 Å². The summed E-state index contributed by atoms with van der Waals surface area (Å²) in [5.41, 5.74) is 0. The number of amides is 2. The molecule has 2 amide bonds. The van der Waals surface area contributed by atoms with Gasteiger partial charge in [-0.15, -0.1) is 0 Å². The zero-order chi connectivity index (χ0) is 13.8. The van der Waals surface area contributed by atoms with Crippen molar-refractivity contribution in [3.8, 4) is 0 Å². The van der Waals surface area contributed by atoms with Gasteiger partial charge < -0.3 is 15.4 Å². The Morgan fingerprint density at radius 1 is 1.22 bits per heavy atom. The van der Waals surface area contributed by atoms with Gasteiger partial charge in [-0.3, -0.25) is 14.9 Å². The first-order valence-corrected chi connectivity index (χ1v) is 6.38. The summed E-state index contributed by atoms with van der Waals surface area (Å²) in [6, 6.07) is -0.360. The summed E-state index contributed by atoms with van der Waals surface area (Å²) in [5, 5.41) is 8.38. The minimum atomic E-state index is -0.360. The minimum Gasteiger partial charge on any atom is -0.385 e. The highest BCUT2D eigenvalue weighted by Gasteiger charge is 2.12. The van der Waals surface area contributed by atoms with E-state index in [1.807, 2.05) is 6.92 Å². The fraction of sp³-hybridized carbons (Fsp3) is 0.833. The van der Waals surface area contributed by atoms with E-state index in [4.69, 9.17) is 4.74 Å². The lowest BCUT2D eigenvalue weighted by atomic mass is 10.3. The average molecular weight is 259 g/mol. The molecule has 0 spiro atoms. The highest BCUT2D eigenvalue weighted by Crippen LogP contribution is 1.83. The molecule has 0 bridgehead atoms. The normalized spacial score (nSPS) is 11.9. The summed E-state index contributed by atoms with van der Waals surface area (Å²) in [7, 11) is 1.62. The topological polar surface area (TPSA) is 79.5 Å². The van der Waals surface area contributed by atoms with Gasteiger partial charge in [-0.2, -0.15) is 0 Å². The summed E-state index contributed by atoms with van der Waals surface area (Å²) in [6.45, 7) is 5.76. The molecule has 0 heterocycles. The number of nitrogens with one attached hydrogen (secondary N) is 3. The summed E-state index contributed by atoms with van der Waals surface area (Å²) >= 11 is 0. The van der Waals surface area contributed by atoms with Crippen LogP contribution in [0.25, 0.3) is 0 Å². The molecule has 18 heavy (non-hydrogen) atoms. The number of hydrogen-bond acceptors (Lipinski definition) is 4.